The van der Waals surface area contributed by atoms with Crippen LogP contribution in [0.2, 0.25) is 0 Å². The van der Waals surface area contributed by atoms with Gasteiger partial charge >= 0.3 is 0 Å². The van der Waals surface area contributed by atoms with Crippen molar-refractivity contribution in [2.24, 2.45) is 0 Å². The van der Waals surface area contributed by atoms with Gasteiger partial charge in [-0.3, -0.25) is 4.79 Å². The summed E-state index contributed by atoms with van der Waals surface area (Å²) in [6.07, 6.45) is -0.0441. The number of ether oxygens (including phenoxy) is 1. The second kappa shape index (κ2) is 6.79. The number of nitriles is 1. The minimum Gasteiger partial charge on any atom is -0.496 e. The number of nitrogens with zero attached hydrogens (tertiary/aromatic N) is 2. The van der Waals surface area contributed by atoms with Crippen molar-refractivity contribution in [2.75, 3.05) is 25.6 Å². The summed E-state index contributed by atoms with van der Waals surface area (Å²) in [5.74, 6) is 1.13. The maximum absolute atomic E-state index is 11.5. The molecule has 0 aromatic heterocycles. The van der Waals surface area contributed by atoms with Gasteiger partial charge in [-0.25, -0.2) is 0 Å². The quantitative estimate of drug-likeness (QED) is 0.789. The zero-order valence-corrected chi connectivity index (χ0v) is 11.9. The lowest BCUT2D eigenvalue weighted by molar-refractivity contribution is -0.116. The molecule has 0 unspecified atom stereocenters. The molecular weight excluding hydrogens is 240 g/mol. The van der Waals surface area contributed by atoms with Gasteiger partial charge in [-0.2, -0.15) is 5.26 Å². The number of anilines is 1. The molecule has 0 aliphatic rings. The molecule has 0 bridgehead atoms. The maximum atomic E-state index is 11.5. The summed E-state index contributed by atoms with van der Waals surface area (Å²) in [5, 5.41) is 8.50. The highest BCUT2D eigenvalue weighted by Crippen LogP contribution is 2.30. The lowest BCUT2D eigenvalue weighted by Gasteiger charge is -2.21. The summed E-state index contributed by atoms with van der Waals surface area (Å²) in [6.45, 7) is 4.45. The van der Waals surface area contributed by atoms with E-state index in [1.165, 1.54) is 0 Å². The number of likely N-dealkylation sites (N-methyl/N-ethyl adjacent to an activating group) is 1. The summed E-state index contributed by atoms with van der Waals surface area (Å²) in [7, 11) is 3.50. The van der Waals surface area contributed by atoms with Crippen molar-refractivity contribution in [1.29, 1.82) is 5.26 Å². The van der Waals surface area contributed by atoms with Crippen molar-refractivity contribution in [1.82, 2.24) is 0 Å². The molecule has 19 heavy (non-hydrogen) atoms. The Morgan fingerprint density at radius 1 is 1.47 bits per heavy atom. The maximum Gasteiger partial charge on any atom is 0.166 e. The minimum absolute atomic E-state index is 0.0441. The molecule has 1 aromatic carbocycles. The van der Waals surface area contributed by atoms with Crippen LogP contribution >= 0.6 is 0 Å². The first-order valence-electron chi connectivity index (χ1n) is 6.27. The van der Waals surface area contributed by atoms with E-state index in [0.29, 0.717) is 5.92 Å². The van der Waals surface area contributed by atoms with Crippen LogP contribution in [-0.4, -0.2) is 26.5 Å². The molecule has 1 aromatic rings. The summed E-state index contributed by atoms with van der Waals surface area (Å²) in [4.78, 5) is 13.3. The summed E-state index contributed by atoms with van der Waals surface area (Å²) in [6, 6.07) is 7.74. The van der Waals surface area contributed by atoms with E-state index in [4.69, 9.17) is 10.00 Å². The molecule has 0 radical (unpaired) electrons. The van der Waals surface area contributed by atoms with Crippen LogP contribution in [0.1, 0.15) is 31.7 Å². The van der Waals surface area contributed by atoms with E-state index in [2.05, 4.69) is 13.8 Å². The highest BCUT2D eigenvalue weighted by atomic mass is 16.5. The van der Waals surface area contributed by atoms with Gasteiger partial charge in [-0.15, -0.1) is 0 Å². The van der Waals surface area contributed by atoms with E-state index >= 15 is 0 Å². The van der Waals surface area contributed by atoms with Crippen LogP contribution in [0.4, 0.5) is 5.69 Å². The molecule has 0 heterocycles. The number of hydrogen-bond acceptors (Lipinski definition) is 4. The van der Waals surface area contributed by atoms with Gasteiger partial charge in [0.25, 0.3) is 0 Å². The molecule has 0 atom stereocenters. The molecule has 0 aliphatic carbocycles. The number of hydrogen-bond donors (Lipinski definition) is 0. The van der Waals surface area contributed by atoms with Gasteiger partial charge in [0.1, 0.15) is 5.75 Å². The zero-order chi connectivity index (χ0) is 14.4. The lowest BCUT2D eigenvalue weighted by atomic mass is 10.0. The van der Waals surface area contributed by atoms with Crippen LogP contribution in [0.3, 0.4) is 0 Å². The van der Waals surface area contributed by atoms with Crippen molar-refractivity contribution in [3.8, 4) is 11.8 Å². The summed E-state index contributed by atoms with van der Waals surface area (Å²) < 4.78 is 5.33. The van der Waals surface area contributed by atoms with Crippen molar-refractivity contribution in [2.45, 2.75) is 26.2 Å². The fourth-order valence-corrected chi connectivity index (χ4v) is 1.91. The fourth-order valence-electron chi connectivity index (χ4n) is 1.91. The van der Waals surface area contributed by atoms with Gasteiger partial charge in [0.05, 0.1) is 26.1 Å². The molecule has 0 N–H and O–H groups in total. The van der Waals surface area contributed by atoms with Crippen molar-refractivity contribution < 1.29 is 9.53 Å². The van der Waals surface area contributed by atoms with E-state index in [-0.39, 0.29) is 18.7 Å². The van der Waals surface area contributed by atoms with Crippen molar-refractivity contribution >= 4 is 11.5 Å². The normalized spacial score (nSPS) is 10.1. The second-order valence-corrected chi connectivity index (χ2v) is 4.81. The minimum atomic E-state index is -0.0769. The molecule has 0 saturated carbocycles. The Hall–Kier alpha value is -2.02. The van der Waals surface area contributed by atoms with Crippen LogP contribution in [0.15, 0.2) is 18.2 Å². The van der Waals surface area contributed by atoms with Crippen LogP contribution in [0, 0.1) is 11.3 Å². The molecule has 102 valence electrons. The SMILES string of the molecule is COc1ccc(N(C)CC(=O)CC#N)cc1C(C)C. The first kappa shape index (κ1) is 15.0. The number of methoxy groups -OCH3 is 1. The standard InChI is InChI=1S/C15H20N2O2/c1-11(2)14-9-12(5-6-15(14)19-4)17(3)10-13(18)7-8-16/h5-6,9,11H,7,10H2,1-4H3. The van der Waals surface area contributed by atoms with Gasteiger partial charge < -0.3 is 9.64 Å². The molecule has 4 heteroatoms. The average molecular weight is 260 g/mol. The van der Waals surface area contributed by atoms with Gasteiger partial charge in [0.15, 0.2) is 5.78 Å². The van der Waals surface area contributed by atoms with Gasteiger partial charge in [-0.1, -0.05) is 13.8 Å². The Morgan fingerprint density at radius 2 is 2.16 bits per heavy atom. The third-order valence-electron chi connectivity index (χ3n) is 2.97. The van der Waals surface area contributed by atoms with E-state index in [9.17, 15) is 4.79 Å². The largest absolute Gasteiger partial charge is 0.496 e. The van der Waals surface area contributed by atoms with E-state index in [1.54, 1.807) is 7.11 Å². The number of benzene rings is 1. The van der Waals surface area contributed by atoms with Gasteiger partial charge in [0, 0.05) is 12.7 Å². The molecule has 0 amide bonds. The van der Waals surface area contributed by atoms with E-state index < -0.39 is 0 Å². The predicted octanol–water partition coefficient (Wildman–Crippen LogP) is 2.74. The highest BCUT2D eigenvalue weighted by molar-refractivity contribution is 5.85. The number of Topliss-reactive ketones (excluding diaryl/α,β-unsaturated/α-hetero) is 1. The molecule has 0 aliphatic heterocycles. The Bertz CT molecular complexity index is 489. The topological polar surface area (TPSA) is 53.3 Å². The average Bonchev–Trinajstić information content (AvgIpc) is 2.37. The number of ketones is 1. The summed E-state index contributed by atoms with van der Waals surface area (Å²) in [5.41, 5.74) is 2.07. The van der Waals surface area contributed by atoms with Crippen molar-refractivity contribution in [3.63, 3.8) is 0 Å². The lowest BCUT2D eigenvalue weighted by Crippen LogP contribution is -2.25. The Kier molecular flexibility index (Phi) is 5.37. The smallest absolute Gasteiger partial charge is 0.166 e. The molecule has 0 spiro atoms. The first-order chi connectivity index (χ1) is 8.99. The van der Waals surface area contributed by atoms with E-state index in [0.717, 1.165) is 17.0 Å². The molecule has 0 fully saturated rings. The predicted molar refractivity (Wildman–Crippen MR) is 75.6 cm³/mol. The first-order valence-corrected chi connectivity index (χ1v) is 6.27. The molecular formula is C15H20N2O2. The van der Waals surface area contributed by atoms with Gasteiger partial charge in [-0.05, 0) is 29.7 Å². The number of carbonyl (C=O) groups excluding carboxylic acids is 1. The Labute approximate surface area is 114 Å². The Balaban J connectivity index is 2.92. The second-order valence-electron chi connectivity index (χ2n) is 4.81. The third kappa shape index (κ3) is 3.99. The van der Waals surface area contributed by atoms with Gasteiger partial charge in [0.2, 0.25) is 0 Å². The number of carbonyl (C=O) groups is 1. The summed E-state index contributed by atoms with van der Waals surface area (Å²) >= 11 is 0. The fraction of sp³-hybridized carbons (Fsp3) is 0.467. The molecule has 1 rings (SSSR count). The van der Waals surface area contributed by atoms with Crippen molar-refractivity contribution in [3.05, 3.63) is 23.8 Å². The van der Waals surface area contributed by atoms with Crippen LogP contribution in [0.25, 0.3) is 0 Å². The zero-order valence-electron chi connectivity index (χ0n) is 11.9. The third-order valence-corrected chi connectivity index (χ3v) is 2.97. The highest BCUT2D eigenvalue weighted by Gasteiger charge is 2.12. The monoisotopic (exact) mass is 260 g/mol. The molecule has 0 saturated heterocycles. The molecule has 4 nitrogen and oxygen atoms in total. The van der Waals surface area contributed by atoms with Crippen LogP contribution in [-0.2, 0) is 4.79 Å². The van der Waals surface area contributed by atoms with Crippen LogP contribution in [0.5, 0.6) is 5.75 Å². The van der Waals surface area contributed by atoms with Crippen LogP contribution < -0.4 is 9.64 Å². The Morgan fingerprint density at radius 3 is 2.68 bits per heavy atom. The number of rotatable bonds is 6. The van der Waals surface area contributed by atoms with E-state index in [1.807, 2.05) is 36.2 Å².